The normalized spacial score (nSPS) is 16.1. The molecule has 0 fully saturated rings. The Balaban J connectivity index is 3.00. The molecule has 1 rings (SSSR count). The van der Waals surface area contributed by atoms with Crippen molar-refractivity contribution in [2.45, 2.75) is 51.5 Å². The first-order valence-electron chi connectivity index (χ1n) is 6.39. The van der Waals surface area contributed by atoms with Crippen molar-refractivity contribution < 1.29 is 9.00 Å². The van der Waals surface area contributed by atoms with Gasteiger partial charge in [-0.15, -0.1) is 0 Å². The molecule has 0 spiro atoms. The fourth-order valence-electron chi connectivity index (χ4n) is 1.84. The maximum absolute atomic E-state index is 12.4. The second kappa shape index (κ2) is 6.28. The maximum atomic E-state index is 12.4. The molecular weight excluding hydrogens is 244 g/mol. The Kier molecular flexibility index (Phi) is 5.27. The van der Waals surface area contributed by atoms with Gasteiger partial charge in [0.1, 0.15) is 0 Å². The molecule has 0 radical (unpaired) electrons. The van der Waals surface area contributed by atoms with Crippen molar-refractivity contribution >= 4 is 16.6 Å². The van der Waals surface area contributed by atoms with Gasteiger partial charge in [0.05, 0.1) is 5.25 Å². The van der Waals surface area contributed by atoms with E-state index in [2.05, 4.69) is 0 Å². The predicted molar refractivity (Wildman–Crippen MR) is 77.6 cm³/mol. The van der Waals surface area contributed by atoms with Gasteiger partial charge < -0.3 is 0 Å². The Labute approximate surface area is 112 Å². The van der Waals surface area contributed by atoms with E-state index in [0.717, 1.165) is 17.5 Å². The number of carbonyl (C=O) groups is 1. The van der Waals surface area contributed by atoms with Crippen LogP contribution in [0.15, 0.2) is 18.2 Å². The zero-order chi connectivity index (χ0) is 13.9. The van der Waals surface area contributed by atoms with Crippen molar-refractivity contribution in [3.8, 4) is 0 Å². The Morgan fingerprint density at radius 3 is 2.44 bits per heavy atom. The summed E-state index contributed by atoms with van der Waals surface area (Å²) in [5, 5.41) is -0.366. The molecule has 1 aromatic carbocycles. The van der Waals surface area contributed by atoms with Crippen molar-refractivity contribution in [3.63, 3.8) is 0 Å². The summed E-state index contributed by atoms with van der Waals surface area (Å²) < 4.78 is 12.2. The minimum atomic E-state index is -1.10. The summed E-state index contributed by atoms with van der Waals surface area (Å²) in [6, 6.07) is 5.83. The lowest BCUT2D eigenvalue weighted by Crippen LogP contribution is -2.29. The van der Waals surface area contributed by atoms with Gasteiger partial charge in [-0.05, 0) is 38.8 Å². The molecule has 1 aromatic rings. The lowest BCUT2D eigenvalue weighted by molar-refractivity contribution is 0.0992. The minimum absolute atomic E-state index is 0.00478. The van der Waals surface area contributed by atoms with E-state index in [1.165, 1.54) is 0 Å². The first kappa shape index (κ1) is 15.1. The summed E-state index contributed by atoms with van der Waals surface area (Å²) >= 11 is 0. The average Bonchev–Trinajstić information content (AvgIpc) is 2.38. The van der Waals surface area contributed by atoms with Crippen LogP contribution in [0.5, 0.6) is 0 Å². The van der Waals surface area contributed by atoms with Crippen LogP contribution in [-0.2, 0) is 10.8 Å². The minimum Gasteiger partial charge on any atom is -0.293 e. The molecule has 0 saturated heterocycles. The molecule has 100 valence electrons. The van der Waals surface area contributed by atoms with E-state index in [9.17, 15) is 9.00 Å². The summed E-state index contributed by atoms with van der Waals surface area (Å²) in [4.78, 5) is 12.4. The first-order valence-corrected chi connectivity index (χ1v) is 7.67. The maximum Gasteiger partial charge on any atom is 0.178 e. The van der Waals surface area contributed by atoms with Gasteiger partial charge in [-0.1, -0.05) is 31.5 Å². The van der Waals surface area contributed by atoms with Gasteiger partial charge in [0.15, 0.2) is 5.78 Å². The number of aryl methyl sites for hydroxylation is 2. The molecule has 18 heavy (non-hydrogen) atoms. The van der Waals surface area contributed by atoms with E-state index in [-0.39, 0.29) is 11.0 Å². The number of ketones is 1. The number of benzene rings is 1. The number of hydrogen-bond donors (Lipinski definition) is 0. The van der Waals surface area contributed by atoms with Gasteiger partial charge >= 0.3 is 0 Å². The SMILES string of the molecule is CCC(C)S(=O)C(C)C(=O)c1cc(C)ccc1C. The van der Waals surface area contributed by atoms with Crippen LogP contribution < -0.4 is 0 Å². The molecule has 0 saturated carbocycles. The summed E-state index contributed by atoms with van der Waals surface area (Å²) in [5.41, 5.74) is 2.73. The standard InChI is InChI=1S/C15H22O2S/c1-6-12(4)18(17)13(5)15(16)14-9-10(2)7-8-11(14)3/h7-9,12-13H,6H2,1-5H3. The molecule has 3 unspecified atom stereocenters. The number of rotatable bonds is 5. The number of hydrogen-bond acceptors (Lipinski definition) is 2. The Hall–Kier alpha value is -0.960. The van der Waals surface area contributed by atoms with Crippen molar-refractivity contribution in [1.82, 2.24) is 0 Å². The van der Waals surface area contributed by atoms with Gasteiger partial charge in [-0.2, -0.15) is 0 Å². The van der Waals surface area contributed by atoms with Crippen molar-refractivity contribution in [1.29, 1.82) is 0 Å². The molecule has 0 aliphatic heterocycles. The molecule has 0 N–H and O–H groups in total. The third-order valence-electron chi connectivity index (χ3n) is 3.35. The van der Waals surface area contributed by atoms with Gasteiger partial charge in [0, 0.05) is 21.6 Å². The first-order chi connectivity index (χ1) is 8.38. The zero-order valence-corrected chi connectivity index (χ0v) is 12.6. The molecule has 0 aliphatic carbocycles. The summed E-state index contributed by atoms with van der Waals surface area (Å²) in [5.74, 6) is -0.00478. The average molecular weight is 266 g/mol. The van der Waals surface area contributed by atoms with Crippen LogP contribution >= 0.6 is 0 Å². The molecule has 0 aromatic heterocycles. The third-order valence-corrected chi connectivity index (χ3v) is 5.39. The van der Waals surface area contributed by atoms with Crippen LogP contribution in [0.1, 0.15) is 48.7 Å². The van der Waals surface area contributed by atoms with Crippen LogP contribution in [0.4, 0.5) is 0 Å². The molecule has 2 nitrogen and oxygen atoms in total. The van der Waals surface area contributed by atoms with Crippen LogP contribution in [0.25, 0.3) is 0 Å². The summed E-state index contributed by atoms with van der Waals surface area (Å²) in [6.07, 6.45) is 0.830. The molecule has 0 bridgehead atoms. The van der Waals surface area contributed by atoms with Gasteiger partial charge in [0.2, 0.25) is 0 Å². The fraction of sp³-hybridized carbons (Fsp3) is 0.533. The largest absolute Gasteiger partial charge is 0.293 e. The van der Waals surface area contributed by atoms with E-state index in [0.29, 0.717) is 5.56 Å². The highest BCUT2D eigenvalue weighted by molar-refractivity contribution is 7.87. The number of Topliss-reactive ketones (excluding diaryl/α,β-unsaturated/α-hetero) is 1. The second-order valence-electron chi connectivity index (χ2n) is 4.87. The number of carbonyl (C=O) groups excluding carboxylic acids is 1. The summed E-state index contributed by atoms with van der Waals surface area (Å²) in [6.45, 7) is 9.59. The smallest absolute Gasteiger partial charge is 0.178 e. The van der Waals surface area contributed by atoms with Gasteiger partial charge in [-0.25, -0.2) is 0 Å². The van der Waals surface area contributed by atoms with Crippen LogP contribution in [0.2, 0.25) is 0 Å². The monoisotopic (exact) mass is 266 g/mol. The van der Waals surface area contributed by atoms with Crippen molar-refractivity contribution in [2.75, 3.05) is 0 Å². The van der Waals surface area contributed by atoms with E-state index in [1.807, 2.05) is 45.9 Å². The van der Waals surface area contributed by atoms with Gasteiger partial charge in [-0.3, -0.25) is 9.00 Å². The lowest BCUT2D eigenvalue weighted by Gasteiger charge is -2.16. The van der Waals surface area contributed by atoms with Crippen molar-refractivity contribution in [2.24, 2.45) is 0 Å². The van der Waals surface area contributed by atoms with Gasteiger partial charge in [0.25, 0.3) is 0 Å². The van der Waals surface area contributed by atoms with E-state index in [4.69, 9.17) is 0 Å². The Bertz CT molecular complexity index is 466. The molecule has 0 amide bonds. The van der Waals surface area contributed by atoms with E-state index < -0.39 is 16.0 Å². The van der Waals surface area contributed by atoms with E-state index >= 15 is 0 Å². The third kappa shape index (κ3) is 3.29. The molecular formula is C15H22O2S. The summed E-state index contributed by atoms with van der Waals surface area (Å²) in [7, 11) is -1.10. The van der Waals surface area contributed by atoms with Crippen LogP contribution in [0, 0.1) is 13.8 Å². The van der Waals surface area contributed by atoms with E-state index in [1.54, 1.807) is 6.92 Å². The highest BCUT2D eigenvalue weighted by atomic mass is 32.2. The van der Waals surface area contributed by atoms with Crippen LogP contribution in [0.3, 0.4) is 0 Å². The second-order valence-corrected chi connectivity index (χ2v) is 7.04. The molecule has 0 aliphatic rings. The Morgan fingerprint density at radius 2 is 1.89 bits per heavy atom. The molecule has 0 heterocycles. The lowest BCUT2D eigenvalue weighted by atomic mass is 10.0. The topological polar surface area (TPSA) is 34.1 Å². The zero-order valence-electron chi connectivity index (χ0n) is 11.8. The van der Waals surface area contributed by atoms with Crippen molar-refractivity contribution in [3.05, 3.63) is 34.9 Å². The molecule has 3 heteroatoms. The van der Waals surface area contributed by atoms with Crippen LogP contribution in [-0.4, -0.2) is 20.5 Å². The highest BCUT2D eigenvalue weighted by Gasteiger charge is 2.25. The Morgan fingerprint density at radius 1 is 1.28 bits per heavy atom. The predicted octanol–water partition coefficient (Wildman–Crippen LogP) is 3.42. The fourth-order valence-corrected chi connectivity index (χ4v) is 3.20. The highest BCUT2D eigenvalue weighted by Crippen LogP contribution is 2.17. The quantitative estimate of drug-likeness (QED) is 0.765. The molecule has 3 atom stereocenters.